The highest BCUT2D eigenvalue weighted by Crippen LogP contribution is 2.25. The van der Waals surface area contributed by atoms with Gasteiger partial charge >= 0.3 is 0 Å². The standard InChI is InChI=1S/C26H25N3O2.ClH.H2O/c1-3-18-8-11-21(12-9-18)31-16-19-6-4-5-7-22(19)26(30)29-20-10-13-25-23(15-20)24(27)14-17(2)28-25;;/h4-15H,3,16H2,1-2H3,(H2,27,28)(H,29,30);1H;1H2. The van der Waals surface area contributed by atoms with Crippen molar-refractivity contribution in [3.63, 3.8) is 0 Å². The highest BCUT2D eigenvalue weighted by Gasteiger charge is 2.13. The second-order valence-corrected chi connectivity index (χ2v) is 7.48. The van der Waals surface area contributed by atoms with Gasteiger partial charge in [-0.15, -0.1) is 12.4 Å². The van der Waals surface area contributed by atoms with Gasteiger partial charge in [0.25, 0.3) is 5.91 Å². The van der Waals surface area contributed by atoms with Gasteiger partial charge in [-0.1, -0.05) is 37.3 Å². The number of nitrogens with zero attached hydrogens (tertiary/aromatic N) is 1. The summed E-state index contributed by atoms with van der Waals surface area (Å²) in [6.45, 7) is 4.33. The van der Waals surface area contributed by atoms with Gasteiger partial charge in [0.15, 0.2) is 0 Å². The van der Waals surface area contributed by atoms with Crippen molar-refractivity contribution >= 4 is 40.6 Å². The molecule has 4 rings (SSSR count). The SMILES string of the molecule is CCc1ccc(OCc2ccccc2C(=O)Nc2ccc3nc(C)cc(N)c3c2)cc1.Cl.O. The molecule has 172 valence electrons. The van der Waals surface area contributed by atoms with Crippen molar-refractivity contribution in [2.24, 2.45) is 0 Å². The fourth-order valence-corrected chi connectivity index (χ4v) is 3.52. The summed E-state index contributed by atoms with van der Waals surface area (Å²) in [4.78, 5) is 17.5. The molecule has 0 saturated heterocycles. The Morgan fingerprint density at radius 1 is 1.03 bits per heavy atom. The lowest BCUT2D eigenvalue weighted by Crippen LogP contribution is -2.15. The van der Waals surface area contributed by atoms with Crippen LogP contribution in [0.5, 0.6) is 5.75 Å². The maximum atomic E-state index is 13.0. The number of aromatic nitrogens is 1. The van der Waals surface area contributed by atoms with Gasteiger partial charge in [-0.25, -0.2) is 0 Å². The van der Waals surface area contributed by atoms with Crippen molar-refractivity contribution in [2.75, 3.05) is 11.1 Å². The number of anilines is 2. The molecule has 6 nitrogen and oxygen atoms in total. The van der Waals surface area contributed by atoms with Crippen LogP contribution in [0.25, 0.3) is 10.9 Å². The third kappa shape index (κ3) is 6.00. The zero-order valence-corrected chi connectivity index (χ0v) is 19.4. The fraction of sp³-hybridized carbons (Fsp3) is 0.154. The van der Waals surface area contributed by atoms with Gasteiger partial charge in [0.2, 0.25) is 0 Å². The van der Waals surface area contributed by atoms with E-state index >= 15 is 0 Å². The van der Waals surface area contributed by atoms with Crippen LogP contribution in [0.2, 0.25) is 0 Å². The summed E-state index contributed by atoms with van der Waals surface area (Å²) in [7, 11) is 0. The van der Waals surface area contributed by atoms with E-state index in [1.807, 2.05) is 61.5 Å². The molecule has 1 aromatic heterocycles. The molecule has 7 heteroatoms. The largest absolute Gasteiger partial charge is 0.489 e. The predicted octanol–water partition coefficient (Wildman–Crippen LogP) is 5.12. The van der Waals surface area contributed by atoms with Crippen LogP contribution < -0.4 is 15.8 Å². The number of halogens is 1. The van der Waals surface area contributed by atoms with Crippen molar-refractivity contribution in [1.29, 1.82) is 0 Å². The molecule has 0 aliphatic heterocycles. The van der Waals surface area contributed by atoms with Gasteiger partial charge in [0.05, 0.1) is 5.52 Å². The number of hydrogen-bond donors (Lipinski definition) is 2. The molecule has 0 bridgehead atoms. The Labute approximate surface area is 199 Å². The first-order chi connectivity index (χ1) is 15.0. The second kappa shape index (κ2) is 11.3. The number of rotatable bonds is 6. The average molecular weight is 466 g/mol. The Morgan fingerprint density at radius 2 is 1.76 bits per heavy atom. The number of fused-ring (bicyclic) bond motifs is 1. The monoisotopic (exact) mass is 465 g/mol. The van der Waals surface area contributed by atoms with E-state index in [2.05, 4.69) is 29.4 Å². The van der Waals surface area contributed by atoms with E-state index in [-0.39, 0.29) is 23.8 Å². The summed E-state index contributed by atoms with van der Waals surface area (Å²) < 4.78 is 5.91. The quantitative estimate of drug-likeness (QED) is 0.412. The molecule has 5 N–H and O–H groups in total. The molecule has 1 heterocycles. The third-order valence-corrected chi connectivity index (χ3v) is 5.21. The van der Waals surface area contributed by atoms with Gasteiger partial charge < -0.3 is 21.3 Å². The lowest BCUT2D eigenvalue weighted by Gasteiger charge is -2.12. The van der Waals surface area contributed by atoms with Crippen LogP contribution in [0.15, 0.2) is 72.8 Å². The predicted molar refractivity (Wildman–Crippen MR) is 136 cm³/mol. The van der Waals surface area contributed by atoms with E-state index in [0.29, 0.717) is 23.5 Å². The highest BCUT2D eigenvalue weighted by molar-refractivity contribution is 6.06. The molecule has 33 heavy (non-hydrogen) atoms. The Bertz CT molecular complexity index is 1240. The highest BCUT2D eigenvalue weighted by atomic mass is 35.5. The van der Waals surface area contributed by atoms with E-state index in [4.69, 9.17) is 10.5 Å². The van der Waals surface area contributed by atoms with Crippen molar-refractivity contribution in [3.05, 3.63) is 95.2 Å². The number of carbonyl (C=O) groups is 1. The topological polar surface area (TPSA) is 109 Å². The Kier molecular flexibility index (Phi) is 8.79. The van der Waals surface area contributed by atoms with Crippen LogP contribution in [0.1, 0.15) is 34.1 Å². The molecule has 0 atom stereocenters. The number of nitrogen functional groups attached to an aromatic ring is 1. The number of hydrogen-bond acceptors (Lipinski definition) is 4. The first-order valence-electron chi connectivity index (χ1n) is 10.3. The van der Waals surface area contributed by atoms with E-state index < -0.39 is 0 Å². The number of amides is 1. The summed E-state index contributed by atoms with van der Waals surface area (Å²) in [5.74, 6) is 0.582. The second-order valence-electron chi connectivity index (χ2n) is 7.48. The zero-order chi connectivity index (χ0) is 21.8. The van der Waals surface area contributed by atoms with Crippen LogP contribution in [-0.4, -0.2) is 16.4 Å². The van der Waals surface area contributed by atoms with E-state index in [9.17, 15) is 4.79 Å². The van der Waals surface area contributed by atoms with Gasteiger partial charge in [-0.2, -0.15) is 0 Å². The molecule has 0 saturated carbocycles. The third-order valence-electron chi connectivity index (χ3n) is 5.21. The number of benzene rings is 3. The lowest BCUT2D eigenvalue weighted by molar-refractivity contribution is 0.102. The molecule has 4 aromatic rings. The first-order valence-corrected chi connectivity index (χ1v) is 10.3. The molecule has 1 amide bonds. The molecule has 0 aliphatic carbocycles. The molecule has 0 aliphatic rings. The first kappa shape index (κ1) is 25.6. The minimum absolute atomic E-state index is 0. The number of pyridine rings is 1. The summed E-state index contributed by atoms with van der Waals surface area (Å²) >= 11 is 0. The molecular formula is C26H28ClN3O3. The normalized spacial score (nSPS) is 10.1. The van der Waals surface area contributed by atoms with E-state index in [1.54, 1.807) is 6.07 Å². The average Bonchev–Trinajstić information content (AvgIpc) is 2.78. The van der Waals surface area contributed by atoms with Crippen molar-refractivity contribution in [3.8, 4) is 5.75 Å². The zero-order valence-electron chi connectivity index (χ0n) is 18.6. The van der Waals surface area contributed by atoms with Gasteiger partial charge in [-0.05, 0) is 61.4 Å². The fourth-order valence-electron chi connectivity index (χ4n) is 3.52. The van der Waals surface area contributed by atoms with Gasteiger partial charge in [0.1, 0.15) is 12.4 Å². The number of aryl methyl sites for hydroxylation is 2. The Morgan fingerprint density at radius 3 is 2.48 bits per heavy atom. The van der Waals surface area contributed by atoms with Crippen molar-refractivity contribution in [2.45, 2.75) is 26.9 Å². The van der Waals surface area contributed by atoms with Crippen LogP contribution in [0.3, 0.4) is 0 Å². The summed E-state index contributed by atoms with van der Waals surface area (Å²) in [5.41, 5.74) is 11.8. The molecule has 0 fully saturated rings. The van der Waals surface area contributed by atoms with E-state index in [0.717, 1.165) is 34.3 Å². The van der Waals surface area contributed by atoms with Crippen LogP contribution in [0.4, 0.5) is 11.4 Å². The molecule has 0 unspecified atom stereocenters. The number of carbonyl (C=O) groups excluding carboxylic acids is 1. The van der Waals surface area contributed by atoms with E-state index in [1.165, 1.54) is 5.56 Å². The Balaban J connectivity index is 0.00000193. The maximum Gasteiger partial charge on any atom is 0.256 e. The minimum Gasteiger partial charge on any atom is -0.489 e. The Hall–Kier alpha value is -3.61. The van der Waals surface area contributed by atoms with Crippen molar-refractivity contribution < 1.29 is 15.0 Å². The van der Waals surface area contributed by atoms with Crippen LogP contribution in [-0.2, 0) is 13.0 Å². The summed E-state index contributed by atoms with van der Waals surface area (Å²) in [6, 6.07) is 22.8. The van der Waals surface area contributed by atoms with Crippen LogP contribution >= 0.6 is 12.4 Å². The number of nitrogens with two attached hydrogens (primary N) is 1. The molecule has 0 radical (unpaired) electrons. The molecule has 0 spiro atoms. The number of ether oxygens (including phenoxy) is 1. The maximum absolute atomic E-state index is 13.0. The summed E-state index contributed by atoms with van der Waals surface area (Å²) in [5, 5.41) is 3.78. The molecule has 3 aromatic carbocycles. The van der Waals surface area contributed by atoms with Crippen LogP contribution in [0, 0.1) is 6.92 Å². The van der Waals surface area contributed by atoms with Crippen molar-refractivity contribution in [1.82, 2.24) is 4.98 Å². The van der Waals surface area contributed by atoms with Gasteiger partial charge in [0, 0.05) is 33.6 Å². The smallest absolute Gasteiger partial charge is 0.256 e. The molecular weight excluding hydrogens is 438 g/mol. The lowest BCUT2D eigenvalue weighted by atomic mass is 10.1. The van der Waals surface area contributed by atoms with Gasteiger partial charge in [-0.3, -0.25) is 9.78 Å². The summed E-state index contributed by atoms with van der Waals surface area (Å²) in [6.07, 6.45) is 0.985. The minimum atomic E-state index is -0.196. The number of nitrogens with one attached hydrogen (secondary N) is 1.